The average molecular weight is 392 g/mol. The van der Waals surface area contributed by atoms with Crippen molar-refractivity contribution < 1.29 is 14.3 Å². The summed E-state index contributed by atoms with van der Waals surface area (Å²) >= 11 is 1.69. The number of ether oxygens (including phenoxy) is 1. The van der Waals surface area contributed by atoms with Crippen LogP contribution in [0, 0.1) is 0 Å². The number of amides is 3. The smallest absolute Gasteiger partial charge is 0.325 e. The van der Waals surface area contributed by atoms with Crippen molar-refractivity contribution in [2.75, 3.05) is 32.3 Å². The van der Waals surface area contributed by atoms with Crippen molar-refractivity contribution in [2.24, 2.45) is 0 Å². The molecule has 3 amide bonds. The minimum atomic E-state index is -0.378. The van der Waals surface area contributed by atoms with Gasteiger partial charge in [-0.05, 0) is 49.0 Å². The van der Waals surface area contributed by atoms with E-state index < -0.39 is 0 Å². The van der Waals surface area contributed by atoms with Crippen molar-refractivity contribution in [3.05, 3.63) is 29.8 Å². The van der Waals surface area contributed by atoms with Gasteiger partial charge in [0.05, 0.1) is 13.8 Å². The first-order chi connectivity index (χ1) is 13.1. The Balaban J connectivity index is 1.73. The van der Waals surface area contributed by atoms with Gasteiger partial charge in [0.1, 0.15) is 11.8 Å². The Hall–Kier alpha value is -1.73. The minimum Gasteiger partial charge on any atom is -0.497 e. The van der Waals surface area contributed by atoms with Crippen LogP contribution < -0.4 is 10.1 Å². The van der Waals surface area contributed by atoms with E-state index in [9.17, 15) is 9.59 Å². The standard InChI is InChI=1S/C20H29N3O3S/c1-26-16-9-7-15(8-10-16)18-6-4-3-5-12-22(18)14-23-19(24)17(11-13-27-2)21-20(23)25/h7-10,17-18H,3-6,11-14H2,1-2H3,(H,21,25)/t17-,18-/m1/s1. The highest BCUT2D eigenvalue weighted by Gasteiger charge is 2.39. The topological polar surface area (TPSA) is 61.9 Å². The number of methoxy groups -OCH3 is 1. The fraction of sp³-hybridized carbons (Fsp3) is 0.600. The summed E-state index contributed by atoms with van der Waals surface area (Å²) in [6.45, 7) is 1.25. The van der Waals surface area contributed by atoms with Crippen molar-refractivity contribution >= 4 is 23.7 Å². The summed E-state index contributed by atoms with van der Waals surface area (Å²) in [5, 5.41) is 2.84. The van der Waals surface area contributed by atoms with Gasteiger partial charge in [-0.2, -0.15) is 11.8 Å². The molecular formula is C20H29N3O3S. The molecule has 2 saturated heterocycles. The van der Waals surface area contributed by atoms with Gasteiger partial charge in [-0.25, -0.2) is 9.69 Å². The molecule has 1 aromatic carbocycles. The van der Waals surface area contributed by atoms with Gasteiger partial charge in [-0.15, -0.1) is 0 Å². The molecule has 2 aliphatic rings. The monoisotopic (exact) mass is 391 g/mol. The third-order valence-corrected chi connectivity index (χ3v) is 6.05. The predicted molar refractivity (Wildman–Crippen MR) is 108 cm³/mol. The maximum atomic E-state index is 12.7. The van der Waals surface area contributed by atoms with Crippen LogP contribution in [0.1, 0.15) is 43.7 Å². The van der Waals surface area contributed by atoms with Gasteiger partial charge in [-0.1, -0.05) is 25.0 Å². The molecule has 2 atom stereocenters. The number of carbonyl (C=O) groups is 2. The van der Waals surface area contributed by atoms with E-state index in [0.29, 0.717) is 13.1 Å². The lowest BCUT2D eigenvalue weighted by Gasteiger charge is -2.32. The number of rotatable bonds is 7. The molecule has 1 N–H and O–H groups in total. The summed E-state index contributed by atoms with van der Waals surface area (Å²) in [6.07, 6.45) is 7.15. The third-order valence-electron chi connectivity index (χ3n) is 5.40. The Morgan fingerprint density at radius 1 is 1.19 bits per heavy atom. The Morgan fingerprint density at radius 3 is 2.67 bits per heavy atom. The summed E-state index contributed by atoms with van der Waals surface area (Å²) in [6, 6.07) is 7.71. The first kappa shape index (κ1) is 20.0. The number of hydrogen-bond donors (Lipinski definition) is 1. The maximum absolute atomic E-state index is 12.7. The van der Waals surface area contributed by atoms with Crippen LogP contribution in [0.2, 0.25) is 0 Å². The zero-order valence-electron chi connectivity index (χ0n) is 16.1. The zero-order valence-corrected chi connectivity index (χ0v) is 17.0. The molecule has 0 aliphatic carbocycles. The molecule has 3 rings (SSSR count). The van der Waals surface area contributed by atoms with Crippen molar-refractivity contribution in [2.45, 2.75) is 44.2 Å². The quantitative estimate of drug-likeness (QED) is 0.723. The minimum absolute atomic E-state index is 0.0909. The summed E-state index contributed by atoms with van der Waals surface area (Å²) < 4.78 is 5.27. The lowest BCUT2D eigenvalue weighted by atomic mass is 10.0. The van der Waals surface area contributed by atoms with Crippen LogP contribution in [0.3, 0.4) is 0 Å². The van der Waals surface area contributed by atoms with E-state index in [0.717, 1.165) is 37.3 Å². The van der Waals surface area contributed by atoms with Crippen molar-refractivity contribution in [3.63, 3.8) is 0 Å². The number of thioether (sulfide) groups is 1. The van der Waals surface area contributed by atoms with E-state index in [4.69, 9.17) is 4.74 Å². The van der Waals surface area contributed by atoms with Gasteiger partial charge in [0.15, 0.2) is 0 Å². The van der Waals surface area contributed by atoms with Gasteiger partial charge < -0.3 is 10.1 Å². The zero-order chi connectivity index (χ0) is 19.2. The van der Waals surface area contributed by atoms with Gasteiger partial charge in [0.25, 0.3) is 5.91 Å². The lowest BCUT2D eigenvalue weighted by molar-refractivity contribution is -0.129. The molecule has 0 saturated carbocycles. The maximum Gasteiger partial charge on any atom is 0.325 e. The van der Waals surface area contributed by atoms with Crippen molar-refractivity contribution in [1.82, 2.24) is 15.1 Å². The van der Waals surface area contributed by atoms with E-state index >= 15 is 0 Å². The van der Waals surface area contributed by atoms with E-state index in [1.807, 2.05) is 18.4 Å². The second-order valence-corrected chi connectivity index (χ2v) is 8.13. The second-order valence-electron chi connectivity index (χ2n) is 7.14. The van der Waals surface area contributed by atoms with Crippen LogP contribution in [0.25, 0.3) is 0 Å². The van der Waals surface area contributed by atoms with Crippen molar-refractivity contribution in [3.8, 4) is 5.75 Å². The van der Waals surface area contributed by atoms with Gasteiger partial charge in [-0.3, -0.25) is 9.69 Å². The highest BCUT2D eigenvalue weighted by Crippen LogP contribution is 2.31. The SMILES string of the molecule is COc1ccc([C@H]2CCCCCN2CN2C(=O)N[C@H](CCSC)C2=O)cc1. The molecule has 0 aromatic heterocycles. The number of imide groups is 1. The van der Waals surface area contributed by atoms with E-state index in [1.165, 1.54) is 16.9 Å². The van der Waals surface area contributed by atoms with Crippen molar-refractivity contribution in [1.29, 1.82) is 0 Å². The molecular weight excluding hydrogens is 362 g/mol. The first-order valence-electron chi connectivity index (χ1n) is 9.63. The highest BCUT2D eigenvalue weighted by molar-refractivity contribution is 7.98. The Kier molecular flexibility index (Phi) is 7.01. The predicted octanol–water partition coefficient (Wildman–Crippen LogP) is 3.24. The first-order valence-corrected chi connectivity index (χ1v) is 11.0. The van der Waals surface area contributed by atoms with Gasteiger partial charge >= 0.3 is 6.03 Å². The van der Waals surface area contributed by atoms with E-state index in [1.54, 1.807) is 18.9 Å². The molecule has 6 nitrogen and oxygen atoms in total. The highest BCUT2D eigenvalue weighted by atomic mass is 32.2. The van der Waals surface area contributed by atoms with Crippen LogP contribution in [0.5, 0.6) is 5.75 Å². The van der Waals surface area contributed by atoms with E-state index in [2.05, 4.69) is 22.3 Å². The Morgan fingerprint density at radius 2 is 1.96 bits per heavy atom. The summed E-state index contributed by atoms with van der Waals surface area (Å²) in [4.78, 5) is 28.8. The lowest BCUT2D eigenvalue weighted by Crippen LogP contribution is -2.43. The molecule has 0 unspecified atom stereocenters. The van der Waals surface area contributed by atoms with Gasteiger partial charge in [0.2, 0.25) is 0 Å². The van der Waals surface area contributed by atoms with Crippen LogP contribution in [-0.4, -0.2) is 60.1 Å². The molecule has 2 aliphatic heterocycles. The molecule has 0 radical (unpaired) electrons. The molecule has 7 heteroatoms. The fourth-order valence-corrected chi connectivity index (χ4v) is 4.34. The van der Waals surface area contributed by atoms with E-state index in [-0.39, 0.29) is 24.0 Å². The number of likely N-dealkylation sites (tertiary alicyclic amines) is 1. The van der Waals surface area contributed by atoms with Crippen LogP contribution >= 0.6 is 11.8 Å². The number of hydrogen-bond acceptors (Lipinski definition) is 5. The number of carbonyl (C=O) groups excluding carboxylic acids is 2. The molecule has 0 spiro atoms. The third kappa shape index (κ3) is 4.76. The number of benzene rings is 1. The number of nitrogens with zero attached hydrogens (tertiary/aromatic N) is 2. The number of urea groups is 1. The molecule has 2 heterocycles. The van der Waals surface area contributed by atoms with Crippen LogP contribution in [-0.2, 0) is 4.79 Å². The molecule has 2 fully saturated rings. The summed E-state index contributed by atoms with van der Waals surface area (Å²) in [5.41, 5.74) is 1.21. The Labute approximate surface area is 165 Å². The number of nitrogens with one attached hydrogen (secondary N) is 1. The van der Waals surface area contributed by atoms with Crippen LogP contribution in [0.4, 0.5) is 4.79 Å². The average Bonchev–Trinajstić information content (AvgIpc) is 2.85. The van der Waals surface area contributed by atoms with Gasteiger partial charge in [0, 0.05) is 12.6 Å². The molecule has 27 heavy (non-hydrogen) atoms. The fourth-order valence-electron chi connectivity index (χ4n) is 3.86. The summed E-state index contributed by atoms with van der Waals surface area (Å²) in [7, 11) is 1.66. The van der Waals surface area contributed by atoms with Crippen LogP contribution in [0.15, 0.2) is 24.3 Å². The normalized spacial score (nSPS) is 24.0. The molecule has 0 bridgehead atoms. The largest absolute Gasteiger partial charge is 0.497 e. The second kappa shape index (κ2) is 9.46. The molecule has 148 valence electrons. The summed E-state index contributed by atoms with van der Waals surface area (Å²) in [5.74, 6) is 1.61. The molecule has 1 aromatic rings. The Bertz CT molecular complexity index is 652.